The molecule has 1 atom stereocenters. The van der Waals surface area contributed by atoms with Gasteiger partial charge in [-0.05, 0) is 59.1 Å². The fraction of sp³-hybridized carbons (Fsp3) is 0.188. The Kier molecular flexibility index (Phi) is 4.55. The second-order valence-corrected chi connectivity index (χ2v) is 5.53. The van der Waals surface area contributed by atoms with Gasteiger partial charge in [0.05, 0.1) is 10.5 Å². The van der Waals surface area contributed by atoms with Crippen molar-refractivity contribution in [1.82, 2.24) is 5.32 Å². The summed E-state index contributed by atoms with van der Waals surface area (Å²) in [6.07, 6.45) is 0. The molecule has 0 aliphatic heterocycles. The van der Waals surface area contributed by atoms with Crippen LogP contribution in [0.4, 0.5) is 4.39 Å². The molecule has 0 radical (unpaired) electrons. The van der Waals surface area contributed by atoms with Gasteiger partial charge in [0.1, 0.15) is 5.82 Å². The van der Waals surface area contributed by atoms with E-state index in [2.05, 4.69) is 21.2 Å². The number of hydrogen-bond donors (Lipinski definition) is 1. The fourth-order valence-electron chi connectivity index (χ4n) is 2.07. The number of carbonyl (C=O) groups is 1. The molecule has 0 saturated carbocycles. The van der Waals surface area contributed by atoms with Crippen molar-refractivity contribution in [2.75, 3.05) is 0 Å². The van der Waals surface area contributed by atoms with E-state index in [0.29, 0.717) is 5.56 Å². The van der Waals surface area contributed by atoms with E-state index in [1.54, 1.807) is 0 Å². The van der Waals surface area contributed by atoms with Crippen molar-refractivity contribution in [3.63, 3.8) is 0 Å². The Morgan fingerprint density at radius 1 is 1.25 bits per heavy atom. The lowest BCUT2D eigenvalue weighted by Crippen LogP contribution is -2.27. The summed E-state index contributed by atoms with van der Waals surface area (Å²) in [5, 5.41) is 2.92. The predicted octanol–water partition coefficient (Wildman–Crippen LogP) is 4.39. The first-order valence-corrected chi connectivity index (χ1v) is 7.10. The summed E-state index contributed by atoms with van der Waals surface area (Å²) < 4.78 is 13.4. The summed E-state index contributed by atoms with van der Waals surface area (Å²) in [5.74, 6) is -0.602. The minimum atomic E-state index is -0.381. The molecule has 4 heteroatoms. The van der Waals surface area contributed by atoms with Crippen LogP contribution in [0.15, 0.2) is 46.9 Å². The highest BCUT2D eigenvalue weighted by Gasteiger charge is 2.13. The van der Waals surface area contributed by atoms with Crippen LogP contribution in [0, 0.1) is 12.7 Å². The second kappa shape index (κ2) is 6.18. The van der Waals surface area contributed by atoms with Crippen LogP contribution >= 0.6 is 15.9 Å². The summed E-state index contributed by atoms with van der Waals surface area (Å²) in [5.41, 5.74) is 2.63. The van der Waals surface area contributed by atoms with Crippen LogP contribution in [0.25, 0.3) is 0 Å². The molecule has 0 fully saturated rings. The summed E-state index contributed by atoms with van der Waals surface area (Å²) in [4.78, 5) is 12.1. The highest BCUT2D eigenvalue weighted by Crippen LogP contribution is 2.19. The first-order chi connectivity index (χ1) is 9.49. The molecule has 0 saturated heterocycles. The molecule has 2 rings (SSSR count). The van der Waals surface area contributed by atoms with Crippen LogP contribution in [-0.4, -0.2) is 5.91 Å². The quantitative estimate of drug-likeness (QED) is 0.885. The van der Waals surface area contributed by atoms with E-state index >= 15 is 0 Å². The third kappa shape index (κ3) is 3.25. The van der Waals surface area contributed by atoms with Crippen molar-refractivity contribution >= 4 is 21.8 Å². The van der Waals surface area contributed by atoms with Crippen molar-refractivity contribution in [2.24, 2.45) is 0 Å². The number of carbonyl (C=O) groups excluding carboxylic acids is 1. The molecule has 0 aromatic heterocycles. The van der Waals surface area contributed by atoms with Crippen LogP contribution in [0.1, 0.15) is 34.5 Å². The van der Waals surface area contributed by atoms with Gasteiger partial charge in [-0.1, -0.05) is 24.3 Å². The lowest BCUT2D eigenvalue weighted by molar-refractivity contribution is 0.0939. The van der Waals surface area contributed by atoms with Crippen LogP contribution in [-0.2, 0) is 0 Å². The topological polar surface area (TPSA) is 29.1 Å². The lowest BCUT2D eigenvalue weighted by atomic mass is 10.0. The number of nitrogens with one attached hydrogen (secondary N) is 1. The number of halogens is 2. The van der Waals surface area contributed by atoms with Gasteiger partial charge in [-0.3, -0.25) is 4.79 Å². The van der Waals surface area contributed by atoms with E-state index in [0.717, 1.165) is 11.1 Å². The number of rotatable bonds is 3. The van der Waals surface area contributed by atoms with Crippen LogP contribution in [0.5, 0.6) is 0 Å². The summed E-state index contributed by atoms with van der Waals surface area (Å²) >= 11 is 3.08. The normalized spacial score (nSPS) is 12.0. The van der Waals surface area contributed by atoms with Gasteiger partial charge < -0.3 is 5.32 Å². The monoisotopic (exact) mass is 335 g/mol. The molecule has 0 bridgehead atoms. The van der Waals surface area contributed by atoms with Gasteiger partial charge in [0.2, 0.25) is 0 Å². The number of benzene rings is 2. The predicted molar refractivity (Wildman–Crippen MR) is 81.2 cm³/mol. The van der Waals surface area contributed by atoms with Gasteiger partial charge in [-0.25, -0.2) is 4.39 Å². The Bertz CT molecular complexity index is 642. The minimum absolute atomic E-state index is 0.104. The first-order valence-electron chi connectivity index (χ1n) is 6.30. The third-order valence-electron chi connectivity index (χ3n) is 3.18. The second-order valence-electron chi connectivity index (χ2n) is 4.68. The zero-order chi connectivity index (χ0) is 14.7. The molecule has 1 unspecified atom stereocenters. The van der Waals surface area contributed by atoms with Crippen molar-refractivity contribution < 1.29 is 9.18 Å². The van der Waals surface area contributed by atoms with Crippen LogP contribution in [0.2, 0.25) is 0 Å². The van der Waals surface area contributed by atoms with Gasteiger partial charge in [0.25, 0.3) is 5.91 Å². The number of aryl methyl sites for hydroxylation is 1. The maximum absolute atomic E-state index is 13.2. The van der Waals surface area contributed by atoms with Gasteiger partial charge in [-0.15, -0.1) is 0 Å². The van der Waals surface area contributed by atoms with Crippen molar-refractivity contribution in [3.8, 4) is 0 Å². The third-order valence-corrected chi connectivity index (χ3v) is 3.79. The minimum Gasteiger partial charge on any atom is -0.346 e. The molecular formula is C16H15BrFNO. The molecule has 1 N–H and O–H groups in total. The highest BCUT2D eigenvalue weighted by atomic mass is 79.9. The van der Waals surface area contributed by atoms with E-state index in [1.165, 1.54) is 18.2 Å². The van der Waals surface area contributed by atoms with E-state index < -0.39 is 0 Å². The smallest absolute Gasteiger partial charge is 0.251 e. The molecule has 2 aromatic rings. The molecule has 0 spiro atoms. The van der Waals surface area contributed by atoms with Crippen LogP contribution in [0.3, 0.4) is 0 Å². The average molecular weight is 336 g/mol. The molecule has 0 heterocycles. The zero-order valence-corrected chi connectivity index (χ0v) is 12.9. The van der Waals surface area contributed by atoms with Gasteiger partial charge in [0.15, 0.2) is 0 Å². The summed E-state index contributed by atoms with van der Waals surface area (Å²) in [6.45, 7) is 3.94. The maximum Gasteiger partial charge on any atom is 0.251 e. The Morgan fingerprint density at radius 3 is 2.60 bits per heavy atom. The maximum atomic E-state index is 13.2. The molecule has 0 aliphatic rings. The summed E-state index contributed by atoms with van der Waals surface area (Å²) in [6, 6.07) is 12.0. The lowest BCUT2D eigenvalue weighted by Gasteiger charge is -2.16. The number of hydrogen-bond acceptors (Lipinski definition) is 1. The zero-order valence-electron chi connectivity index (χ0n) is 11.3. The Balaban J connectivity index is 2.15. The largest absolute Gasteiger partial charge is 0.346 e. The average Bonchev–Trinajstić information content (AvgIpc) is 2.42. The van der Waals surface area contributed by atoms with E-state index in [-0.39, 0.29) is 22.2 Å². The Hall–Kier alpha value is -1.68. The standard InChI is InChI=1S/C16H15BrFNO/c1-10-5-3-4-6-13(10)11(2)19-16(20)12-7-8-15(18)14(17)9-12/h3-9,11H,1-2H3,(H,19,20). The molecule has 1 amide bonds. The molecule has 104 valence electrons. The molecule has 2 nitrogen and oxygen atoms in total. The SMILES string of the molecule is Cc1ccccc1C(C)NC(=O)c1ccc(F)c(Br)c1. The fourth-order valence-corrected chi connectivity index (χ4v) is 2.45. The molecular weight excluding hydrogens is 321 g/mol. The molecule has 20 heavy (non-hydrogen) atoms. The van der Waals surface area contributed by atoms with Gasteiger partial charge in [0, 0.05) is 5.56 Å². The van der Waals surface area contributed by atoms with Gasteiger partial charge >= 0.3 is 0 Å². The van der Waals surface area contributed by atoms with Crippen molar-refractivity contribution in [2.45, 2.75) is 19.9 Å². The number of amides is 1. The van der Waals surface area contributed by atoms with Crippen LogP contribution < -0.4 is 5.32 Å². The highest BCUT2D eigenvalue weighted by molar-refractivity contribution is 9.10. The molecule has 0 aliphatic carbocycles. The van der Waals surface area contributed by atoms with Crippen molar-refractivity contribution in [1.29, 1.82) is 0 Å². The molecule has 2 aromatic carbocycles. The van der Waals surface area contributed by atoms with Gasteiger partial charge in [-0.2, -0.15) is 0 Å². The Labute approximate surface area is 126 Å². The van der Waals surface area contributed by atoms with E-state index in [1.807, 2.05) is 38.1 Å². The first kappa shape index (κ1) is 14.7. The Morgan fingerprint density at radius 2 is 1.95 bits per heavy atom. The van der Waals surface area contributed by atoms with E-state index in [9.17, 15) is 9.18 Å². The van der Waals surface area contributed by atoms with E-state index in [4.69, 9.17) is 0 Å². The van der Waals surface area contributed by atoms with Crippen molar-refractivity contribution in [3.05, 3.63) is 69.4 Å². The summed E-state index contributed by atoms with van der Waals surface area (Å²) in [7, 11) is 0.